The molecule has 0 aliphatic rings. The second kappa shape index (κ2) is 3.75. The van der Waals surface area contributed by atoms with Crippen molar-refractivity contribution in [3.63, 3.8) is 0 Å². The van der Waals surface area contributed by atoms with Gasteiger partial charge in [-0.1, -0.05) is 20.8 Å². The summed E-state index contributed by atoms with van der Waals surface area (Å²) in [6.45, 7) is 8.51. The Morgan fingerprint density at radius 1 is 1.33 bits per heavy atom. The SMILES string of the molecule is Br.Cc1sc(N)nc1C(C)(C)C. The summed E-state index contributed by atoms with van der Waals surface area (Å²) < 4.78 is 0. The zero-order chi connectivity index (χ0) is 8.65. The van der Waals surface area contributed by atoms with Crippen molar-refractivity contribution < 1.29 is 0 Å². The number of nitrogens with two attached hydrogens (primary N) is 1. The normalized spacial score (nSPS) is 11.0. The van der Waals surface area contributed by atoms with E-state index in [-0.39, 0.29) is 22.4 Å². The average Bonchev–Trinajstić information content (AvgIpc) is 2.08. The molecule has 2 N–H and O–H groups in total. The number of rotatable bonds is 0. The second-order valence-corrected chi connectivity index (χ2v) is 4.94. The minimum atomic E-state index is 0. The first kappa shape index (κ1) is 11.9. The second-order valence-electron chi connectivity index (χ2n) is 3.71. The van der Waals surface area contributed by atoms with E-state index in [0.29, 0.717) is 5.13 Å². The van der Waals surface area contributed by atoms with Crippen LogP contribution in [0.15, 0.2) is 0 Å². The summed E-state index contributed by atoms with van der Waals surface area (Å²) in [4.78, 5) is 5.51. The van der Waals surface area contributed by atoms with E-state index in [1.807, 2.05) is 0 Å². The molecule has 12 heavy (non-hydrogen) atoms. The lowest BCUT2D eigenvalue weighted by molar-refractivity contribution is 0.570. The predicted molar refractivity (Wildman–Crippen MR) is 60.3 cm³/mol. The fourth-order valence-electron chi connectivity index (χ4n) is 1.11. The Balaban J connectivity index is 0.00000121. The van der Waals surface area contributed by atoms with Crippen LogP contribution in [0.25, 0.3) is 0 Å². The molecule has 0 aliphatic carbocycles. The third kappa shape index (κ3) is 2.45. The number of thiazole rings is 1. The monoisotopic (exact) mass is 250 g/mol. The highest BCUT2D eigenvalue weighted by molar-refractivity contribution is 8.93. The molecule has 0 atom stereocenters. The minimum absolute atomic E-state index is 0. The maximum absolute atomic E-state index is 5.58. The van der Waals surface area contributed by atoms with Crippen molar-refractivity contribution in [1.29, 1.82) is 0 Å². The summed E-state index contributed by atoms with van der Waals surface area (Å²) in [5.74, 6) is 0. The first-order valence-corrected chi connectivity index (χ1v) is 4.46. The quantitative estimate of drug-likeness (QED) is 0.770. The molecule has 0 aliphatic heterocycles. The molecule has 70 valence electrons. The zero-order valence-electron chi connectivity index (χ0n) is 7.84. The highest BCUT2D eigenvalue weighted by Crippen LogP contribution is 2.29. The molecule has 0 saturated heterocycles. The third-order valence-corrected chi connectivity index (χ3v) is 2.32. The fourth-order valence-corrected chi connectivity index (χ4v) is 2.01. The van der Waals surface area contributed by atoms with Gasteiger partial charge in [-0.05, 0) is 6.92 Å². The molecule has 0 unspecified atom stereocenters. The van der Waals surface area contributed by atoms with E-state index in [2.05, 4.69) is 32.7 Å². The van der Waals surface area contributed by atoms with Crippen molar-refractivity contribution in [2.75, 3.05) is 5.73 Å². The van der Waals surface area contributed by atoms with E-state index >= 15 is 0 Å². The van der Waals surface area contributed by atoms with Crippen LogP contribution in [-0.2, 0) is 5.41 Å². The molecule has 0 bridgehead atoms. The Kier molecular flexibility index (Phi) is 3.72. The first-order valence-electron chi connectivity index (χ1n) is 3.64. The van der Waals surface area contributed by atoms with Crippen molar-refractivity contribution in [2.24, 2.45) is 0 Å². The largest absolute Gasteiger partial charge is 0.375 e. The molecule has 4 heteroatoms. The molecule has 0 fully saturated rings. The van der Waals surface area contributed by atoms with Crippen LogP contribution in [0.4, 0.5) is 5.13 Å². The summed E-state index contributed by atoms with van der Waals surface area (Å²) in [6.07, 6.45) is 0. The van der Waals surface area contributed by atoms with Gasteiger partial charge in [-0.15, -0.1) is 28.3 Å². The third-order valence-electron chi connectivity index (χ3n) is 1.52. The molecular weight excluding hydrogens is 236 g/mol. The number of nitrogens with zero attached hydrogens (tertiary/aromatic N) is 1. The maximum Gasteiger partial charge on any atom is 0.180 e. The van der Waals surface area contributed by atoms with Crippen LogP contribution < -0.4 is 5.73 Å². The number of hydrogen-bond acceptors (Lipinski definition) is 3. The van der Waals surface area contributed by atoms with Crippen molar-refractivity contribution in [2.45, 2.75) is 33.1 Å². The lowest BCUT2D eigenvalue weighted by atomic mass is 9.92. The number of aryl methyl sites for hydroxylation is 1. The zero-order valence-corrected chi connectivity index (χ0v) is 10.4. The standard InChI is InChI=1S/C8H14N2S.BrH/c1-5-6(8(2,3)4)10-7(9)11-5;/h1-4H3,(H2,9,10);1H. The molecule has 1 aromatic rings. The topological polar surface area (TPSA) is 38.9 Å². The van der Waals surface area contributed by atoms with E-state index in [1.165, 1.54) is 4.88 Å². The van der Waals surface area contributed by atoms with Crippen LogP contribution in [0.2, 0.25) is 0 Å². The predicted octanol–water partition coefficient (Wildman–Crippen LogP) is 2.91. The minimum Gasteiger partial charge on any atom is -0.375 e. The molecule has 0 radical (unpaired) electrons. The van der Waals surface area contributed by atoms with Gasteiger partial charge in [0.15, 0.2) is 5.13 Å². The molecule has 0 saturated carbocycles. The van der Waals surface area contributed by atoms with Crippen LogP contribution >= 0.6 is 28.3 Å². The highest BCUT2D eigenvalue weighted by Gasteiger charge is 2.19. The lowest BCUT2D eigenvalue weighted by Crippen LogP contribution is -2.13. The van der Waals surface area contributed by atoms with Crippen molar-refractivity contribution in [3.05, 3.63) is 10.6 Å². The summed E-state index contributed by atoms with van der Waals surface area (Å²) in [7, 11) is 0. The molecule has 0 amide bonds. The van der Waals surface area contributed by atoms with Gasteiger partial charge in [0.1, 0.15) is 0 Å². The van der Waals surface area contributed by atoms with E-state index in [1.54, 1.807) is 11.3 Å². The number of aromatic nitrogens is 1. The molecule has 1 heterocycles. The Labute approximate surface area is 88.0 Å². The van der Waals surface area contributed by atoms with Crippen LogP contribution in [-0.4, -0.2) is 4.98 Å². The van der Waals surface area contributed by atoms with Crippen LogP contribution in [0.3, 0.4) is 0 Å². The van der Waals surface area contributed by atoms with Crippen LogP contribution in [0, 0.1) is 6.92 Å². The first-order chi connectivity index (χ1) is 4.91. The molecule has 2 nitrogen and oxygen atoms in total. The summed E-state index contributed by atoms with van der Waals surface area (Å²) in [6, 6.07) is 0. The van der Waals surface area contributed by atoms with E-state index in [4.69, 9.17) is 5.73 Å². The van der Waals surface area contributed by atoms with Gasteiger partial charge in [-0.2, -0.15) is 0 Å². The van der Waals surface area contributed by atoms with Gasteiger partial charge < -0.3 is 5.73 Å². The molecule has 0 spiro atoms. The van der Waals surface area contributed by atoms with Gasteiger partial charge in [-0.25, -0.2) is 4.98 Å². The Morgan fingerprint density at radius 3 is 2.00 bits per heavy atom. The van der Waals surface area contributed by atoms with Crippen LogP contribution in [0.5, 0.6) is 0 Å². The van der Waals surface area contributed by atoms with Crippen molar-refractivity contribution in [1.82, 2.24) is 4.98 Å². The van der Waals surface area contributed by atoms with Gasteiger partial charge >= 0.3 is 0 Å². The number of halogens is 1. The van der Waals surface area contributed by atoms with Crippen molar-refractivity contribution >= 4 is 33.4 Å². The summed E-state index contributed by atoms with van der Waals surface area (Å²) in [5, 5.41) is 0.674. The van der Waals surface area contributed by atoms with Crippen LogP contribution in [0.1, 0.15) is 31.3 Å². The Hall–Kier alpha value is -0.0900. The Morgan fingerprint density at radius 2 is 1.83 bits per heavy atom. The van der Waals surface area contributed by atoms with Gasteiger partial charge in [0.05, 0.1) is 5.69 Å². The van der Waals surface area contributed by atoms with Gasteiger partial charge in [0, 0.05) is 10.3 Å². The summed E-state index contributed by atoms with van der Waals surface area (Å²) in [5.41, 5.74) is 6.83. The smallest absolute Gasteiger partial charge is 0.180 e. The molecule has 1 aromatic heterocycles. The molecule has 0 aromatic carbocycles. The fraction of sp³-hybridized carbons (Fsp3) is 0.625. The van der Waals surface area contributed by atoms with Gasteiger partial charge in [0.2, 0.25) is 0 Å². The lowest BCUT2D eigenvalue weighted by Gasteiger charge is -2.15. The maximum atomic E-state index is 5.58. The Bertz CT molecular complexity index is 263. The van der Waals surface area contributed by atoms with Gasteiger partial charge in [-0.3, -0.25) is 0 Å². The van der Waals surface area contributed by atoms with E-state index < -0.39 is 0 Å². The van der Waals surface area contributed by atoms with E-state index in [9.17, 15) is 0 Å². The van der Waals surface area contributed by atoms with E-state index in [0.717, 1.165) is 5.69 Å². The van der Waals surface area contributed by atoms with Crippen molar-refractivity contribution in [3.8, 4) is 0 Å². The number of anilines is 1. The highest BCUT2D eigenvalue weighted by atomic mass is 79.9. The molecular formula is C8H15BrN2S. The summed E-state index contributed by atoms with van der Waals surface area (Å²) >= 11 is 1.56. The average molecular weight is 251 g/mol. The number of nitrogen functional groups attached to an aromatic ring is 1. The molecule has 1 rings (SSSR count). The van der Waals surface area contributed by atoms with Gasteiger partial charge in [0.25, 0.3) is 0 Å². The number of hydrogen-bond donors (Lipinski definition) is 1.